The van der Waals surface area contributed by atoms with Gasteiger partial charge in [-0.25, -0.2) is 4.98 Å². The zero-order chi connectivity index (χ0) is 15.0. The molecule has 21 heavy (non-hydrogen) atoms. The average molecular weight is 321 g/mol. The molecule has 108 valence electrons. The van der Waals surface area contributed by atoms with E-state index in [1.54, 1.807) is 7.11 Å². The predicted molar refractivity (Wildman–Crippen MR) is 86.9 cm³/mol. The van der Waals surface area contributed by atoms with Crippen LogP contribution in [0.1, 0.15) is 11.4 Å². The minimum atomic E-state index is 0.307. The van der Waals surface area contributed by atoms with Gasteiger partial charge < -0.3 is 4.74 Å². The van der Waals surface area contributed by atoms with Crippen LogP contribution in [0.4, 0.5) is 0 Å². The van der Waals surface area contributed by atoms with Gasteiger partial charge in [0, 0.05) is 6.07 Å². The number of aryl methyl sites for hydroxylation is 1. The number of fused-ring (bicyclic) bond motifs is 1. The molecule has 2 aromatic carbocycles. The smallest absolute Gasteiger partial charge is 0.129 e. The molecular formula is C16H14Cl2N2O. The summed E-state index contributed by atoms with van der Waals surface area (Å²) < 4.78 is 7.29. The second-order valence-corrected chi connectivity index (χ2v) is 5.48. The molecule has 0 aliphatic carbocycles. The number of aromatic nitrogens is 2. The Morgan fingerprint density at radius 3 is 2.71 bits per heavy atom. The van der Waals surface area contributed by atoms with Gasteiger partial charge in [0.2, 0.25) is 0 Å². The normalized spacial score (nSPS) is 11.0. The summed E-state index contributed by atoms with van der Waals surface area (Å²) >= 11 is 12.4. The van der Waals surface area contributed by atoms with Crippen molar-refractivity contribution in [3.05, 3.63) is 52.8 Å². The molecule has 0 aliphatic heterocycles. The molecule has 1 aromatic heterocycles. The number of hydrogen-bond donors (Lipinski definition) is 0. The number of imidazole rings is 1. The molecule has 0 radical (unpaired) electrons. The molecule has 3 rings (SSSR count). The third-order valence-electron chi connectivity index (χ3n) is 3.39. The first-order valence-electron chi connectivity index (χ1n) is 6.52. The van der Waals surface area contributed by atoms with Gasteiger partial charge in [0.15, 0.2) is 0 Å². The lowest BCUT2D eigenvalue weighted by Gasteiger charge is -2.11. The molecule has 0 amide bonds. The Kier molecular flexibility index (Phi) is 3.79. The van der Waals surface area contributed by atoms with E-state index in [1.807, 2.05) is 47.9 Å². The van der Waals surface area contributed by atoms with Crippen molar-refractivity contribution >= 4 is 34.2 Å². The maximum atomic E-state index is 6.37. The maximum absolute atomic E-state index is 6.37. The fraction of sp³-hybridized carbons (Fsp3) is 0.188. The fourth-order valence-electron chi connectivity index (χ4n) is 2.38. The monoisotopic (exact) mass is 320 g/mol. The second-order valence-electron chi connectivity index (χ2n) is 4.81. The van der Waals surface area contributed by atoms with Gasteiger partial charge in [-0.3, -0.25) is 4.57 Å². The van der Waals surface area contributed by atoms with Gasteiger partial charge in [-0.1, -0.05) is 17.7 Å². The molecule has 5 heteroatoms. The van der Waals surface area contributed by atoms with Gasteiger partial charge in [0.05, 0.1) is 34.7 Å². The summed E-state index contributed by atoms with van der Waals surface area (Å²) in [6.45, 7) is 2.03. The second kappa shape index (κ2) is 5.58. The number of ether oxygens (including phenoxy) is 1. The van der Waals surface area contributed by atoms with Crippen LogP contribution in [-0.2, 0) is 5.88 Å². The maximum Gasteiger partial charge on any atom is 0.129 e. The molecule has 3 nitrogen and oxygen atoms in total. The first kappa shape index (κ1) is 14.2. The average Bonchev–Trinajstić information content (AvgIpc) is 2.87. The number of alkyl halides is 1. The quantitative estimate of drug-likeness (QED) is 0.652. The lowest BCUT2D eigenvalue weighted by molar-refractivity contribution is 0.415. The first-order chi connectivity index (χ1) is 10.1. The fourth-order valence-corrected chi connectivity index (χ4v) is 2.77. The van der Waals surface area contributed by atoms with E-state index in [2.05, 4.69) is 4.98 Å². The summed E-state index contributed by atoms with van der Waals surface area (Å²) in [5.74, 6) is 1.84. The summed E-state index contributed by atoms with van der Waals surface area (Å²) in [4.78, 5) is 4.57. The summed E-state index contributed by atoms with van der Waals surface area (Å²) in [6.07, 6.45) is 0. The summed E-state index contributed by atoms with van der Waals surface area (Å²) in [6, 6.07) is 11.6. The number of benzene rings is 2. The van der Waals surface area contributed by atoms with Crippen molar-refractivity contribution < 1.29 is 4.74 Å². The van der Waals surface area contributed by atoms with E-state index in [4.69, 9.17) is 27.9 Å². The number of hydrogen-bond acceptors (Lipinski definition) is 2. The Labute approximate surface area is 133 Å². The Hall–Kier alpha value is -1.71. The van der Waals surface area contributed by atoms with Crippen LogP contribution in [0.15, 0.2) is 36.4 Å². The lowest BCUT2D eigenvalue weighted by Crippen LogP contribution is -2.00. The molecule has 1 heterocycles. The van der Waals surface area contributed by atoms with Crippen LogP contribution >= 0.6 is 23.2 Å². The van der Waals surface area contributed by atoms with Crippen LogP contribution in [0, 0.1) is 6.92 Å². The number of rotatable bonds is 3. The van der Waals surface area contributed by atoms with Crippen LogP contribution in [-0.4, -0.2) is 16.7 Å². The third kappa shape index (κ3) is 2.47. The number of halogens is 2. The molecule has 3 aromatic rings. The van der Waals surface area contributed by atoms with Crippen molar-refractivity contribution in [3.63, 3.8) is 0 Å². The molecule has 0 saturated carbocycles. The van der Waals surface area contributed by atoms with E-state index in [0.29, 0.717) is 10.9 Å². The lowest BCUT2D eigenvalue weighted by atomic mass is 10.2. The Morgan fingerprint density at radius 1 is 1.19 bits per heavy atom. The third-order valence-corrected chi connectivity index (χ3v) is 3.95. The van der Waals surface area contributed by atoms with Crippen molar-refractivity contribution in [2.75, 3.05) is 7.11 Å². The standard InChI is InChI=1S/C16H14Cl2N2O/c1-10-3-5-12(18)14(7-10)20-15-8-11(21-2)4-6-13(15)19-16(20)9-17/h3-8H,9H2,1-2H3. The minimum Gasteiger partial charge on any atom is -0.497 e. The van der Waals surface area contributed by atoms with Crippen molar-refractivity contribution in [1.82, 2.24) is 9.55 Å². The van der Waals surface area contributed by atoms with Crippen molar-refractivity contribution in [3.8, 4) is 11.4 Å². The Balaban J connectivity index is 2.36. The SMILES string of the molecule is COc1ccc2nc(CCl)n(-c3cc(C)ccc3Cl)c2c1. The van der Waals surface area contributed by atoms with Gasteiger partial charge in [0.1, 0.15) is 11.6 Å². The predicted octanol–water partition coefficient (Wildman–Crippen LogP) is 4.73. The Bertz CT molecular complexity index is 811. The van der Waals surface area contributed by atoms with E-state index >= 15 is 0 Å². The summed E-state index contributed by atoms with van der Waals surface area (Å²) in [5.41, 5.74) is 3.80. The van der Waals surface area contributed by atoms with E-state index in [9.17, 15) is 0 Å². The van der Waals surface area contributed by atoms with Gasteiger partial charge in [0.25, 0.3) is 0 Å². The highest BCUT2D eigenvalue weighted by Crippen LogP contribution is 2.30. The number of methoxy groups -OCH3 is 1. The molecule has 0 spiro atoms. The number of nitrogens with zero attached hydrogens (tertiary/aromatic N) is 2. The van der Waals surface area contributed by atoms with Crippen molar-refractivity contribution in [2.24, 2.45) is 0 Å². The van der Waals surface area contributed by atoms with E-state index in [-0.39, 0.29) is 0 Å². The van der Waals surface area contributed by atoms with Gasteiger partial charge in [-0.05, 0) is 36.8 Å². The van der Waals surface area contributed by atoms with Crippen LogP contribution in [0.3, 0.4) is 0 Å². The van der Waals surface area contributed by atoms with Crippen LogP contribution in [0.5, 0.6) is 5.75 Å². The molecule has 0 atom stereocenters. The molecule has 0 unspecified atom stereocenters. The molecule has 0 saturated heterocycles. The Morgan fingerprint density at radius 2 is 2.00 bits per heavy atom. The van der Waals surface area contributed by atoms with Crippen LogP contribution < -0.4 is 4.74 Å². The van der Waals surface area contributed by atoms with E-state index in [1.165, 1.54) is 0 Å². The molecule has 0 N–H and O–H groups in total. The summed E-state index contributed by atoms with van der Waals surface area (Å²) in [7, 11) is 1.64. The zero-order valence-electron chi connectivity index (χ0n) is 11.7. The van der Waals surface area contributed by atoms with Gasteiger partial charge in [-0.15, -0.1) is 11.6 Å². The van der Waals surface area contributed by atoms with Gasteiger partial charge in [-0.2, -0.15) is 0 Å². The largest absolute Gasteiger partial charge is 0.497 e. The highest BCUT2D eigenvalue weighted by molar-refractivity contribution is 6.32. The first-order valence-corrected chi connectivity index (χ1v) is 7.43. The molecule has 0 aliphatic rings. The topological polar surface area (TPSA) is 27.1 Å². The molecular weight excluding hydrogens is 307 g/mol. The van der Waals surface area contributed by atoms with E-state index in [0.717, 1.165) is 33.9 Å². The zero-order valence-corrected chi connectivity index (χ0v) is 13.2. The highest BCUT2D eigenvalue weighted by atomic mass is 35.5. The summed E-state index contributed by atoms with van der Waals surface area (Å²) in [5, 5.41) is 0.661. The van der Waals surface area contributed by atoms with Crippen molar-refractivity contribution in [2.45, 2.75) is 12.8 Å². The van der Waals surface area contributed by atoms with E-state index < -0.39 is 0 Å². The van der Waals surface area contributed by atoms with Crippen LogP contribution in [0.25, 0.3) is 16.7 Å². The minimum absolute atomic E-state index is 0.307. The highest BCUT2D eigenvalue weighted by Gasteiger charge is 2.15. The van der Waals surface area contributed by atoms with Gasteiger partial charge >= 0.3 is 0 Å². The van der Waals surface area contributed by atoms with Crippen LogP contribution in [0.2, 0.25) is 5.02 Å². The van der Waals surface area contributed by atoms with Crippen molar-refractivity contribution in [1.29, 1.82) is 0 Å². The molecule has 0 bridgehead atoms. The molecule has 0 fully saturated rings.